The molecule has 0 saturated carbocycles. The minimum Gasteiger partial charge on any atom is -0.481 e. The summed E-state index contributed by atoms with van der Waals surface area (Å²) in [6, 6.07) is 9.51. The first kappa shape index (κ1) is 24.5. The first-order valence-electron chi connectivity index (χ1n) is 10.4. The predicted molar refractivity (Wildman–Crippen MR) is 126 cm³/mol. The predicted octanol–water partition coefficient (Wildman–Crippen LogP) is 5.19. The fourth-order valence-corrected chi connectivity index (χ4v) is 2.91. The van der Waals surface area contributed by atoms with Gasteiger partial charge in [-0.15, -0.1) is 0 Å². The molecule has 0 spiro atoms. The Morgan fingerprint density at radius 3 is 2.53 bits per heavy atom. The lowest BCUT2D eigenvalue weighted by molar-refractivity contribution is -0.115. The highest BCUT2D eigenvalue weighted by molar-refractivity contribution is 6.20. The Morgan fingerprint density at radius 1 is 1.25 bits per heavy atom. The van der Waals surface area contributed by atoms with Crippen LogP contribution in [0.1, 0.15) is 44.0 Å². The third-order valence-electron chi connectivity index (χ3n) is 4.36. The van der Waals surface area contributed by atoms with E-state index in [1.165, 1.54) is 25.7 Å². The van der Waals surface area contributed by atoms with Gasteiger partial charge in [-0.3, -0.25) is 4.79 Å². The molecule has 2 heterocycles. The number of benzene rings is 1. The van der Waals surface area contributed by atoms with Crippen LogP contribution in [-0.2, 0) is 11.3 Å². The number of aromatic nitrogens is 3. The smallest absolute Gasteiger partial charge is 0.251 e. The summed E-state index contributed by atoms with van der Waals surface area (Å²) in [7, 11) is 1.54. The molecule has 0 fully saturated rings. The van der Waals surface area contributed by atoms with Gasteiger partial charge in [0.15, 0.2) is 0 Å². The van der Waals surface area contributed by atoms with Crippen molar-refractivity contribution in [3.05, 3.63) is 84.1 Å². The van der Waals surface area contributed by atoms with E-state index in [4.69, 9.17) is 4.74 Å². The maximum Gasteiger partial charge on any atom is 0.251 e. The molecule has 168 valence electrons. The van der Waals surface area contributed by atoms with Gasteiger partial charge in [0.1, 0.15) is 5.82 Å². The van der Waals surface area contributed by atoms with Crippen LogP contribution in [0.5, 0.6) is 5.88 Å². The number of methoxy groups -OCH3 is 1. The molecular formula is C25H29FN4O2. The Bertz CT molecular complexity index is 1070. The van der Waals surface area contributed by atoms with E-state index < -0.39 is 0 Å². The number of rotatable bonds is 7. The van der Waals surface area contributed by atoms with Gasteiger partial charge in [-0.05, 0) is 48.9 Å². The number of amides is 1. The highest BCUT2D eigenvalue weighted by atomic mass is 19.1. The highest BCUT2D eigenvalue weighted by Gasteiger charge is 2.18. The van der Waals surface area contributed by atoms with Crippen molar-refractivity contribution in [2.75, 3.05) is 7.11 Å². The molecule has 1 N–H and O–H groups in total. The van der Waals surface area contributed by atoms with Crippen LogP contribution in [0.15, 0.2) is 61.4 Å². The van der Waals surface area contributed by atoms with E-state index in [0.717, 1.165) is 5.56 Å². The van der Waals surface area contributed by atoms with Gasteiger partial charge in [0.05, 0.1) is 24.7 Å². The van der Waals surface area contributed by atoms with Crippen molar-refractivity contribution in [2.45, 2.75) is 33.7 Å². The topological polar surface area (TPSA) is 69.0 Å². The van der Waals surface area contributed by atoms with Gasteiger partial charge in [0.25, 0.3) is 5.91 Å². The van der Waals surface area contributed by atoms with Gasteiger partial charge < -0.3 is 10.1 Å². The van der Waals surface area contributed by atoms with E-state index in [0.29, 0.717) is 34.9 Å². The van der Waals surface area contributed by atoms with Crippen LogP contribution in [0.25, 0.3) is 17.3 Å². The standard InChI is InChI=1S/C22H21FN4O2.C3H8/c1-4-18(22(28)25-13-15-10-11-24-21(12-15)29-3)19-14-26-27(20(19)5-2)17-8-6-16(23)7-9-17;1-3-2/h4-12,14H,2,13H2,1,3H3,(H,25,28);3H2,1-2H3/b18-4+;. The Kier molecular flexibility index (Phi) is 9.35. The Hall–Kier alpha value is -3.74. The maximum atomic E-state index is 13.2. The molecule has 1 aromatic carbocycles. The van der Waals surface area contributed by atoms with Crippen LogP contribution >= 0.6 is 0 Å². The molecule has 0 aliphatic heterocycles. The third-order valence-corrected chi connectivity index (χ3v) is 4.36. The van der Waals surface area contributed by atoms with Crippen LogP contribution in [-0.4, -0.2) is 27.8 Å². The zero-order valence-corrected chi connectivity index (χ0v) is 18.9. The van der Waals surface area contributed by atoms with Crippen LogP contribution < -0.4 is 10.1 Å². The molecule has 3 aromatic rings. The molecule has 6 nitrogen and oxygen atoms in total. The molecule has 7 heteroatoms. The Labute approximate surface area is 188 Å². The molecule has 2 aromatic heterocycles. The molecule has 0 bridgehead atoms. The van der Waals surface area contributed by atoms with Crippen LogP contribution in [0.4, 0.5) is 4.39 Å². The van der Waals surface area contributed by atoms with Crippen molar-refractivity contribution in [1.29, 1.82) is 0 Å². The normalized spacial score (nSPS) is 10.7. The summed E-state index contributed by atoms with van der Waals surface area (Å²) in [5, 5.41) is 7.25. The molecule has 0 aliphatic rings. The van der Waals surface area contributed by atoms with Crippen LogP contribution in [0.3, 0.4) is 0 Å². The summed E-state index contributed by atoms with van der Waals surface area (Å²) in [6.45, 7) is 10.2. The van der Waals surface area contributed by atoms with Gasteiger partial charge in [0, 0.05) is 29.9 Å². The second-order valence-electron chi connectivity index (χ2n) is 6.83. The Balaban J connectivity index is 0.00000114. The number of allylic oxidation sites excluding steroid dienone is 1. The number of hydrogen-bond donors (Lipinski definition) is 1. The van der Waals surface area contributed by atoms with Gasteiger partial charge >= 0.3 is 0 Å². The fraction of sp³-hybridized carbons (Fsp3) is 0.240. The van der Waals surface area contributed by atoms with E-state index in [1.807, 2.05) is 0 Å². The summed E-state index contributed by atoms with van der Waals surface area (Å²) in [4.78, 5) is 16.9. The second-order valence-corrected chi connectivity index (χ2v) is 6.83. The maximum absolute atomic E-state index is 13.2. The summed E-state index contributed by atoms with van der Waals surface area (Å²) in [5.74, 6) is -0.0925. The number of halogens is 1. The van der Waals surface area contributed by atoms with Gasteiger partial charge in [-0.1, -0.05) is 32.9 Å². The SMILES string of the molecule is C=Cc1c(/C(=C\C)C(=O)NCc2ccnc(OC)c2)cnn1-c1ccc(F)cc1.CCC. The number of pyridine rings is 1. The molecule has 0 radical (unpaired) electrons. The van der Waals surface area contributed by atoms with Gasteiger partial charge in [-0.25, -0.2) is 14.1 Å². The average Bonchev–Trinajstić information content (AvgIpc) is 3.23. The van der Waals surface area contributed by atoms with Crippen molar-refractivity contribution >= 4 is 17.6 Å². The van der Waals surface area contributed by atoms with Crippen LogP contribution in [0.2, 0.25) is 0 Å². The fourth-order valence-electron chi connectivity index (χ4n) is 2.91. The molecule has 0 unspecified atom stereocenters. The zero-order valence-electron chi connectivity index (χ0n) is 18.9. The van der Waals surface area contributed by atoms with E-state index in [-0.39, 0.29) is 11.7 Å². The molecule has 3 rings (SSSR count). The largest absolute Gasteiger partial charge is 0.481 e. The number of carbonyl (C=O) groups excluding carboxylic acids is 1. The molecule has 32 heavy (non-hydrogen) atoms. The zero-order chi connectivity index (χ0) is 23.5. The number of ether oxygens (including phenoxy) is 1. The lowest BCUT2D eigenvalue weighted by atomic mass is 10.1. The highest BCUT2D eigenvalue weighted by Crippen LogP contribution is 2.24. The number of hydrogen-bond acceptors (Lipinski definition) is 4. The quantitative estimate of drug-likeness (QED) is 0.517. The summed E-state index contributed by atoms with van der Waals surface area (Å²) >= 11 is 0. The van der Waals surface area contributed by atoms with Gasteiger partial charge in [-0.2, -0.15) is 5.10 Å². The number of carbonyl (C=O) groups is 1. The first-order valence-corrected chi connectivity index (χ1v) is 10.4. The monoisotopic (exact) mass is 436 g/mol. The summed E-state index contributed by atoms with van der Waals surface area (Å²) in [6.07, 6.45) is 7.82. The van der Waals surface area contributed by atoms with E-state index >= 15 is 0 Å². The Morgan fingerprint density at radius 2 is 1.94 bits per heavy atom. The second kappa shape index (κ2) is 12.2. The third kappa shape index (κ3) is 6.14. The molecular weight excluding hydrogens is 407 g/mol. The molecule has 0 saturated heterocycles. The van der Waals surface area contributed by atoms with Crippen molar-refractivity contribution in [3.63, 3.8) is 0 Å². The minimum atomic E-state index is -0.331. The molecule has 0 aliphatic carbocycles. The van der Waals surface area contributed by atoms with Crippen molar-refractivity contribution in [3.8, 4) is 11.6 Å². The average molecular weight is 437 g/mol. The van der Waals surface area contributed by atoms with E-state index in [9.17, 15) is 9.18 Å². The van der Waals surface area contributed by atoms with E-state index in [1.54, 1.807) is 60.4 Å². The minimum absolute atomic E-state index is 0.245. The van der Waals surface area contributed by atoms with Crippen molar-refractivity contribution < 1.29 is 13.9 Å². The summed E-state index contributed by atoms with van der Waals surface area (Å²) in [5.41, 5.74) is 3.29. The molecule has 0 atom stereocenters. The first-order chi connectivity index (χ1) is 15.5. The summed E-state index contributed by atoms with van der Waals surface area (Å²) < 4.78 is 19.9. The van der Waals surface area contributed by atoms with Crippen molar-refractivity contribution in [2.24, 2.45) is 0 Å². The van der Waals surface area contributed by atoms with E-state index in [2.05, 4.69) is 35.8 Å². The molecule has 1 amide bonds. The van der Waals surface area contributed by atoms with Crippen LogP contribution in [0, 0.1) is 5.82 Å². The van der Waals surface area contributed by atoms with Gasteiger partial charge in [0.2, 0.25) is 5.88 Å². The lowest BCUT2D eigenvalue weighted by Crippen LogP contribution is -2.24. The number of nitrogens with one attached hydrogen (secondary N) is 1. The lowest BCUT2D eigenvalue weighted by Gasteiger charge is -2.10. The van der Waals surface area contributed by atoms with Crippen molar-refractivity contribution in [1.82, 2.24) is 20.1 Å². The number of nitrogens with zero attached hydrogens (tertiary/aromatic N) is 3.